The average Bonchev–Trinajstić information content (AvgIpc) is 3.28. The lowest BCUT2D eigenvalue weighted by molar-refractivity contribution is -0.132. The van der Waals surface area contributed by atoms with Crippen LogP contribution in [-0.2, 0) is 21.2 Å². The minimum Gasteiger partial charge on any atom is -0.340 e. The standard InChI is InChI=1S/C23H25ClN4O4S/c1-16-3-4-17(2)20(15-16)33(30,31)28-13-11-27(12-14-28)22(29)10-9-21-25-23(26-32-21)18-5-7-19(24)8-6-18/h3-8,15H,9-14H2,1-2H3. The van der Waals surface area contributed by atoms with Gasteiger partial charge in [0.15, 0.2) is 0 Å². The second-order valence-electron chi connectivity index (χ2n) is 8.07. The van der Waals surface area contributed by atoms with Gasteiger partial charge in [0.05, 0.1) is 4.90 Å². The minimum absolute atomic E-state index is 0.0648. The predicted octanol–water partition coefficient (Wildman–Crippen LogP) is 3.47. The van der Waals surface area contributed by atoms with E-state index >= 15 is 0 Å². The molecule has 1 fully saturated rings. The molecule has 174 valence electrons. The molecule has 0 radical (unpaired) electrons. The zero-order chi connectivity index (χ0) is 23.6. The highest BCUT2D eigenvalue weighted by Gasteiger charge is 2.31. The maximum atomic E-state index is 13.1. The quantitative estimate of drug-likeness (QED) is 0.527. The molecule has 0 aliphatic carbocycles. The van der Waals surface area contributed by atoms with Crippen molar-refractivity contribution in [2.24, 2.45) is 0 Å². The first-order valence-corrected chi connectivity index (χ1v) is 12.5. The van der Waals surface area contributed by atoms with E-state index in [4.69, 9.17) is 16.1 Å². The summed E-state index contributed by atoms with van der Waals surface area (Å²) in [5.41, 5.74) is 2.40. The summed E-state index contributed by atoms with van der Waals surface area (Å²) >= 11 is 5.90. The van der Waals surface area contributed by atoms with E-state index < -0.39 is 10.0 Å². The van der Waals surface area contributed by atoms with Crippen molar-refractivity contribution in [3.63, 3.8) is 0 Å². The third kappa shape index (κ3) is 5.26. The summed E-state index contributed by atoms with van der Waals surface area (Å²) in [4.78, 5) is 19.0. The Balaban J connectivity index is 1.32. The van der Waals surface area contributed by atoms with Crippen molar-refractivity contribution in [1.82, 2.24) is 19.3 Å². The third-order valence-electron chi connectivity index (χ3n) is 5.68. The topological polar surface area (TPSA) is 96.6 Å². The van der Waals surface area contributed by atoms with Gasteiger partial charge in [-0.15, -0.1) is 0 Å². The number of sulfonamides is 1. The number of nitrogens with zero attached hydrogens (tertiary/aromatic N) is 4. The number of aryl methyl sites for hydroxylation is 3. The van der Waals surface area contributed by atoms with Gasteiger partial charge in [-0.2, -0.15) is 9.29 Å². The summed E-state index contributed by atoms with van der Waals surface area (Å²) in [5.74, 6) is 0.758. The molecule has 0 saturated carbocycles. The normalized spacial score (nSPS) is 15.1. The van der Waals surface area contributed by atoms with E-state index in [2.05, 4.69) is 10.1 Å². The zero-order valence-electron chi connectivity index (χ0n) is 18.5. The van der Waals surface area contributed by atoms with Gasteiger partial charge in [-0.05, 0) is 55.3 Å². The van der Waals surface area contributed by atoms with Crippen LogP contribution in [0.4, 0.5) is 0 Å². The fourth-order valence-corrected chi connectivity index (χ4v) is 5.60. The Morgan fingerprint density at radius 1 is 1.06 bits per heavy atom. The number of amides is 1. The molecular formula is C23H25ClN4O4S. The molecule has 0 N–H and O–H groups in total. The number of rotatable bonds is 6. The van der Waals surface area contributed by atoms with E-state index in [0.29, 0.717) is 41.1 Å². The summed E-state index contributed by atoms with van der Waals surface area (Å²) in [6, 6.07) is 12.5. The molecule has 8 nitrogen and oxygen atoms in total. The Morgan fingerprint density at radius 2 is 1.76 bits per heavy atom. The number of hydrogen-bond donors (Lipinski definition) is 0. The van der Waals surface area contributed by atoms with Crippen molar-refractivity contribution >= 4 is 27.5 Å². The fraction of sp³-hybridized carbons (Fsp3) is 0.348. The Bertz CT molecular complexity index is 1250. The molecule has 3 aromatic rings. The molecule has 1 aliphatic heterocycles. The number of carbonyl (C=O) groups excluding carboxylic acids is 1. The van der Waals surface area contributed by atoms with Crippen molar-refractivity contribution in [1.29, 1.82) is 0 Å². The first-order chi connectivity index (χ1) is 15.7. The molecule has 10 heteroatoms. The van der Waals surface area contributed by atoms with Gasteiger partial charge in [-0.3, -0.25) is 4.79 Å². The first-order valence-electron chi connectivity index (χ1n) is 10.7. The van der Waals surface area contributed by atoms with Crippen molar-refractivity contribution in [2.45, 2.75) is 31.6 Å². The Kier molecular flexibility index (Phi) is 6.83. The van der Waals surface area contributed by atoms with Gasteiger partial charge in [-0.25, -0.2) is 8.42 Å². The lowest BCUT2D eigenvalue weighted by Crippen LogP contribution is -2.50. The van der Waals surface area contributed by atoms with Crippen LogP contribution in [0, 0.1) is 13.8 Å². The van der Waals surface area contributed by atoms with Gasteiger partial charge in [0.1, 0.15) is 0 Å². The smallest absolute Gasteiger partial charge is 0.243 e. The number of carbonyl (C=O) groups is 1. The number of piperazine rings is 1. The molecule has 1 aromatic heterocycles. The van der Waals surface area contributed by atoms with Gasteiger partial charge in [-0.1, -0.05) is 28.9 Å². The van der Waals surface area contributed by atoms with Crippen LogP contribution >= 0.6 is 11.6 Å². The molecule has 4 rings (SSSR count). The highest BCUT2D eigenvalue weighted by atomic mass is 35.5. The Morgan fingerprint density at radius 3 is 2.45 bits per heavy atom. The van der Waals surface area contributed by atoms with Crippen LogP contribution in [0.1, 0.15) is 23.4 Å². The van der Waals surface area contributed by atoms with Gasteiger partial charge in [0, 0.05) is 49.6 Å². The Labute approximate surface area is 198 Å². The van der Waals surface area contributed by atoms with Crippen LogP contribution in [0.15, 0.2) is 51.9 Å². The van der Waals surface area contributed by atoms with Crippen molar-refractivity contribution < 1.29 is 17.7 Å². The molecule has 1 amide bonds. The highest BCUT2D eigenvalue weighted by Crippen LogP contribution is 2.23. The largest absolute Gasteiger partial charge is 0.340 e. The molecule has 0 atom stereocenters. The fourth-order valence-electron chi connectivity index (χ4n) is 3.75. The molecule has 0 unspecified atom stereocenters. The summed E-state index contributed by atoms with van der Waals surface area (Å²) in [6.45, 7) is 4.90. The zero-order valence-corrected chi connectivity index (χ0v) is 20.1. The summed E-state index contributed by atoms with van der Waals surface area (Å²) in [6.07, 6.45) is 0.534. The molecule has 1 saturated heterocycles. The van der Waals surface area contributed by atoms with Crippen LogP contribution in [0.25, 0.3) is 11.4 Å². The van der Waals surface area contributed by atoms with Gasteiger partial charge in [0.25, 0.3) is 0 Å². The Hall–Kier alpha value is -2.75. The second-order valence-corrected chi connectivity index (χ2v) is 10.4. The van der Waals surface area contributed by atoms with Crippen LogP contribution in [0.3, 0.4) is 0 Å². The van der Waals surface area contributed by atoms with Gasteiger partial charge >= 0.3 is 0 Å². The summed E-state index contributed by atoms with van der Waals surface area (Å²) < 4.78 is 32.9. The van der Waals surface area contributed by atoms with Crippen LogP contribution in [-0.4, -0.2) is 59.8 Å². The van der Waals surface area contributed by atoms with E-state index in [1.54, 1.807) is 42.2 Å². The van der Waals surface area contributed by atoms with E-state index in [-0.39, 0.29) is 25.4 Å². The minimum atomic E-state index is -3.59. The SMILES string of the molecule is Cc1ccc(C)c(S(=O)(=O)N2CCN(C(=O)CCc3nc(-c4ccc(Cl)cc4)no3)CC2)c1. The van der Waals surface area contributed by atoms with Crippen molar-refractivity contribution in [2.75, 3.05) is 26.2 Å². The number of aromatic nitrogens is 2. The summed E-state index contributed by atoms with van der Waals surface area (Å²) in [7, 11) is -3.59. The lowest BCUT2D eigenvalue weighted by Gasteiger charge is -2.34. The van der Waals surface area contributed by atoms with Gasteiger partial charge in [0.2, 0.25) is 27.6 Å². The number of halogens is 1. The average molecular weight is 489 g/mol. The molecule has 33 heavy (non-hydrogen) atoms. The van der Waals surface area contributed by atoms with E-state index in [0.717, 1.165) is 16.7 Å². The molecule has 0 spiro atoms. The number of hydrogen-bond acceptors (Lipinski definition) is 6. The summed E-state index contributed by atoms with van der Waals surface area (Å²) in [5, 5.41) is 4.58. The predicted molar refractivity (Wildman–Crippen MR) is 124 cm³/mol. The highest BCUT2D eigenvalue weighted by molar-refractivity contribution is 7.89. The second kappa shape index (κ2) is 9.62. The maximum Gasteiger partial charge on any atom is 0.243 e. The third-order valence-corrected chi connectivity index (χ3v) is 7.97. The van der Waals surface area contributed by atoms with Crippen LogP contribution in [0.2, 0.25) is 5.02 Å². The first kappa shape index (κ1) is 23.4. The van der Waals surface area contributed by atoms with Crippen LogP contribution in [0.5, 0.6) is 0 Å². The maximum absolute atomic E-state index is 13.1. The van der Waals surface area contributed by atoms with Crippen molar-refractivity contribution in [3.05, 3.63) is 64.5 Å². The lowest BCUT2D eigenvalue weighted by atomic mass is 10.2. The molecule has 0 bridgehead atoms. The molecule has 2 heterocycles. The van der Waals surface area contributed by atoms with E-state index in [1.807, 2.05) is 19.1 Å². The van der Waals surface area contributed by atoms with Gasteiger partial charge < -0.3 is 9.42 Å². The molecule has 2 aromatic carbocycles. The monoisotopic (exact) mass is 488 g/mol. The number of benzene rings is 2. The van der Waals surface area contributed by atoms with E-state index in [9.17, 15) is 13.2 Å². The molecule has 1 aliphatic rings. The molecular weight excluding hydrogens is 464 g/mol. The van der Waals surface area contributed by atoms with E-state index in [1.165, 1.54) is 4.31 Å². The van der Waals surface area contributed by atoms with Crippen molar-refractivity contribution in [3.8, 4) is 11.4 Å². The van der Waals surface area contributed by atoms with Crippen LogP contribution < -0.4 is 0 Å².